The van der Waals surface area contributed by atoms with Crippen LogP contribution in [0.1, 0.15) is 396 Å². The Kier molecular flexibility index (Phi) is 65.9. The molecule has 7 atom stereocenters. The van der Waals surface area contributed by atoms with Gasteiger partial charge >= 0.3 is 39.5 Å². The Morgan fingerprint density at radius 2 is 0.495 bits per heavy atom. The third kappa shape index (κ3) is 69.5. The molecule has 0 radical (unpaired) electrons. The molecule has 576 valence electrons. The van der Waals surface area contributed by atoms with Gasteiger partial charge in [0.1, 0.15) is 19.3 Å². The molecule has 0 aliphatic heterocycles. The average molecular weight is 1420 g/mol. The fourth-order valence-electron chi connectivity index (χ4n) is 11.8. The Labute approximate surface area is 594 Å². The fourth-order valence-corrected chi connectivity index (χ4v) is 13.4. The Bertz CT molecular complexity index is 1910. The first kappa shape index (κ1) is 95.1. The molecule has 0 fully saturated rings. The zero-order valence-corrected chi connectivity index (χ0v) is 65.5. The van der Waals surface area contributed by atoms with Gasteiger partial charge in [0.25, 0.3) is 0 Å². The summed E-state index contributed by atoms with van der Waals surface area (Å²) in [6, 6.07) is 0. The maximum absolute atomic E-state index is 13.1. The highest BCUT2D eigenvalue weighted by molar-refractivity contribution is 7.47. The summed E-state index contributed by atoms with van der Waals surface area (Å²) < 4.78 is 68.6. The molecule has 0 spiro atoms. The minimum Gasteiger partial charge on any atom is -0.462 e. The lowest BCUT2D eigenvalue weighted by Gasteiger charge is -2.21. The third-order valence-corrected chi connectivity index (χ3v) is 20.7. The van der Waals surface area contributed by atoms with Gasteiger partial charge in [0, 0.05) is 25.7 Å². The van der Waals surface area contributed by atoms with Gasteiger partial charge in [-0.2, -0.15) is 0 Å². The van der Waals surface area contributed by atoms with E-state index in [1.807, 2.05) is 0 Å². The Balaban J connectivity index is 5.24. The number of carbonyl (C=O) groups is 4. The quantitative estimate of drug-likeness (QED) is 0.0222. The number of ether oxygens (including phenoxy) is 4. The Hall–Kier alpha value is -1.94. The lowest BCUT2D eigenvalue weighted by Crippen LogP contribution is -2.30. The first-order valence-electron chi connectivity index (χ1n) is 40.3. The molecule has 0 amide bonds. The number of hydrogen-bond acceptors (Lipinski definition) is 15. The molecule has 19 heteroatoms. The van der Waals surface area contributed by atoms with E-state index in [0.29, 0.717) is 31.6 Å². The normalized spacial score (nSPS) is 14.6. The number of unbranched alkanes of at least 4 members (excludes halogenated alkanes) is 39. The molecule has 0 aliphatic rings. The topological polar surface area (TPSA) is 237 Å². The van der Waals surface area contributed by atoms with Gasteiger partial charge in [0.2, 0.25) is 0 Å². The lowest BCUT2D eigenvalue weighted by molar-refractivity contribution is -0.161. The van der Waals surface area contributed by atoms with Crippen LogP contribution < -0.4 is 0 Å². The maximum Gasteiger partial charge on any atom is 0.472 e. The number of carbonyl (C=O) groups excluding carboxylic acids is 4. The molecule has 0 rings (SSSR count). The van der Waals surface area contributed by atoms with E-state index < -0.39 is 97.5 Å². The van der Waals surface area contributed by atoms with Gasteiger partial charge in [-0.15, -0.1) is 0 Å². The van der Waals surface area contributed by atoms with Crippen LogP contribution in [0.4, 0.5) is 0 Å². The van der Waals surface area contributed by atoms with E-state index in [0.717, 1.165) is 114 Å². The summed E-state index contributed by atoms with van der Waals surface area (Å²) in [6.07, 6.45) is 52.7. The van der Waals surface area contributed by atoms with Crippen LogP contribution in [0.5, 0.6) is 0 Å². The predicted octanol–water partition coefficient (Wildman–Crippen LogP) is 22.8. The molecule has 0 aliphatic carbocycles. The van der Waals surface area contributed by atoms with Gasteiger partial charge < -0.3 is 33.8 Å². The number of hydrogen-bond donors (Lipinski definition) is 3. The van der Waals surface area contributed by atoms with Crippen LogP contribution in [-0.2, 0) is 65.4 Å². The van der Waals surface area contributed by atoms with Gasteiger partial charge in [-0.1, -0.05) is 344 Å². The second-order valence-corrected chi connectivity index (χ2v) is 32.4. The predicted molar refractivity (Wildman–Crippen MR) is 395 cm³/mol. The van der Waals surface area contributed by atoms with Crippen LogP contribution in [0.15, 0.2) is 0 Å². The molecule has 4 unspecified atom stereocenters. The molecule has 97 heavy (non-hydrogen) atoms. The fraction of sp³-hybridized carbons (Fsp3) is 0.949. The van der Waals surface area contributed by atoms with Crippen LogP contribution in [0, 0.1) is 23.7 Å². The van der Waals surface area contributed by atoms with Crippen molar-refractivity contribution < 1.29 is 80.2 Å². The molecule has 0 saturated carbocycles. The van der Waals surface area contributed by atoms with E-state index in [1.165, 1.54) is 193 Å². The van der Waals surface area contributed by atoms with Gasteiger partial charge in [0.15, 0.2) is 12.2 Å². The van der Waals surface area contributed by atoms with Crippen LogP contribution >= 0.6 is 15.6 Å². The van der Waals surface area contributed by atoms with Crippen molar-refractivity contribution in [3.63, 3.8) is 0 Å². The van der Waals surface area contributed by atoms with E-state index in [1.54, 1.807) is 0 Å². The van der Waals surface area contributed by atoms with Gasteiger partial charge in [-0.3, -0.25) is 37.3 Å². The maximum atomic E-state index is 13.1. The van der Waals surface area contributed by atoms with Gasteiger partial charge in [-0.05, 0) is 49.4 Å². The van der Waals surface area contributed by atoms with Crippen molar-refractivity contribution in [2.24, 2.45) is 23.7 Å². The summed E-state index contributed by atoms with van der Waals surface area (Å²) in [4.78, 5) is 72.9. The number of phosphoric acid groups is 2. The highest BCUT2D eigenvalue weighted by Gasteiger charge is 2.30. The molecule has 0 bridgehead atoms. The Morgan fingerprint density at radius 1 is 0.289 bits per heavy atom. The number of aliphatic hydroxyl groups is 1. The largest absolute Gasteiger partial charge is 0.472 e. The summed E-state index contributed by atoms with van der Waals surface area (Å²) in [5, 5.41) is 10.6. The average Bonchev–Trinajstić information content (AvgIpc) is 1.41. The van der Waals surface area contributed by atoms with Crippen LogP contribution in [-0.4, -0.2) is 96.7 Å². The second kappa shape index (κ2) is 67.2. The zero-order chi connectivity index (χ0) is 71.7. The molecule has 3 N–H and O–H groups in total. The summed E-state index contributed by atoms with van der Waals surface area (Å²) in [5.41, 5.74) is 0. The third-order valence-electron chi connectivity index (χ3n) is 18.8. The highest BCUT2D eigenvalue weighted by Crippen LogP contribution is 2.45. The monoisotopic (exact) mass is 1420 g/mol. The van der Waals surface area contributed by atoms with E-state index in [2.05, 4.69) is 55.4 Å². The van der Waals surface area contributed by atoms with Crippen LogP contribution in [0.2, 0.25) is 0 Å². The van der Waals surface area contributed by atoms with Crippen molar-refractivity contribution in [3.8, 4) is 0 Å². The number of phosphoric ester groups is 2. The molecule has 0 aromatic heterocycles. The van der Waals surface area contributed by atoms with E-state index >= 15 is 0 Å². The van der Waals surface area contributed by atoms with E-state index in [4.69, 9.17) is 37.0 Å². The molecular formula is C78H152O17P2. The minimum atomic E-state index is -4.96. The second-order valence-electron chi connectivity index (χ2n) is 29.5. The number of aliphatic hydroxyl groups excluding tert-OH is 1. The minimum absolute atomic E-state index is 0.106. The molecule has 0 saturated heterocycles. The summed E-state index contributed by atoms with van der Waals surface area (Å²) >= 11 is 0. The SMILES string of the molecule is CCC(C)CCCCCCCCCCCCCCCCC(=O)O[C@H](COC(=O)CCCCCCCCCCCCC(C)CC)COP(=O)(O)OC[C@@H](O)COP(=O)(O)OC[C@@H](COC(=O)CCCCCCCCC(C)C)OC(=O)CCCCCCCCCCCCCCCC(C)C. The van der Waals surface area contributed by atoms with Crippen molar-refractivity contribution >= 4 is 39.5 Å². The van der Waals surface area contributed by atoms with E-state index in [9.17, 15) is 43.2 Å². The molecule has 17 nitrogen and oxygen atoms in total. The first-order chi connectivity index (χ1) is 46.7. The summed E-state index contributed by atoms with van der Waals surface area (Å²) in [5.74, 6) is 1.00. The van der Waals surface area contributed by atoms with Crippen LogP contribution in [0.25, 0.3) is 0 Å². The number of esters is 4. The van der Waals surface area contributed by atoms with Crippen molar-refractivity contribution in [2.75, 3.05) is 39.6 Å². The summed E-state index contributed by atoms with van der Waals surface area (Å²) in [7, 11) is -9.92. The smallest absolute Gasteiger partial charge is 0.462 e. The first-order valence-corrected chi connectivity index (χ1v) is 43.3. The molecule has 0 aromatic carbocycles. The highest BCUT2D eigenvalue weighted by atomic mass is 31.2. The van der Waals surface area contributed by atoms with Crippen molar-refractivity contribution in [1.82, 2.24) is 0 Å². The van der Waals surface area contributed by atoms with Crippen LogP contribution in [0.3, 0.4) is 0 Å². The van der Waals surface area contributed by atoms with Crippen molar-refractivity contribution in [3.05, 3.63) is 0 Å². The lowest BCUT2D eigenvalue weighted by atomic mass is 9.99. The molecule has 0 aromatic rings. The van der Waals surface area contributed by atoms with Gasteiger partial charge in [0.05, 0.1) is 26.4 Å². The van der Waals surface area contributed by atoms with Crippen molar-refractivity contribution in [2.45, 2.75) is 414 Å². The molecule has 0 heterocycles. The molecular weight excluding hydrogens is 1270 g/mol. The zero-order valence-electron chi connectivity index (χ0n) is 63.7. The Morgan fingerprint density at radius 3 is 0.732 bits per heavy atom. The summed E-state index contributed by atoms with van der Waals surface area (Å²) in [6.45, 7) is 14.2. The van der Waals surface area contributed by atoms with E-state index in [-0.39, 0.29) is 25.7 Å². The van der Waals surface area contributed by atoms with Crippen molar-refractivity contribution in [1.29, 1.82) is 0 Å². The number of rotatable bonds is 75. The standard InChI is InChI=1S/C78H152O17P2/c1-9-70(7)56-48-40-31-25-19-15-11-12-16-20-28-34-44-52-60-77(82)94-73(64-88-75(80)58-50-42-33-27-23-22-26-32-41-49-57-71(8)10-2)66-92-96(84,85)90-62-72(79)63-91-97(86,87)93-67-74(65-89-76(81)59-51-43-37-36-39-47-55-69(5)6)95-78(83)61-53-45-35-29-21-17-13-14-18-24-30-38-46-54-68(3)4/h68-74,79H,9-67H2,1-8H3,(H,84,85)(H,86,87)/t70?,71?,72-,73-,74-/m1/s1. The van der Waals surface area contributed by atoms with Gasteiger partial charge in [-0.25, -0.2) is 9.13 Å².